The summed E-state index contributed by atoms with van der Waals surface area (Å²) in [4.78, 5) is 16.1. The molecule has 0 aromatic heterocycles. The van der Waals surface area contributed by atoms with Gasteiger partial charge in [0.2, 0.25) is 5.91 Å². The Kier molecular flexibility index (Phi) is 2.90. The van der Waals surface area contributed by atoms with Crippen molar-refractivity contribution in [1.29, 1.82) is 5.26 Å². The average Bonchev–Trinajstić information content (AvgIpc) is 2.88. The van der Waals surface area contributed by atoms with E-state index in [4.69, 9.17) is 5.26 Å². The Labute approximate surface area is 96.8 Å². The molecule has 16 heavy (non-hydrogen) atoms. The van der Waals surface area contributed by atoms with Crippen LogP contribution in [-0.2, 0) is 4.79 Å². The topological polar surface area (TPSA) is 47.3 Å². The first-order valence-corrected chi connectivity index (χ1v) is 5.93. The Morgan fingerprint density at radius 1 is 1.38 bits per heavy atom. The fraction of sp³-hybridized carbons (Fsp3) is 0.833. The summed E-state index contributed by atoms with van der Waals surface area (Å²) < 4.78 is 0. The predicted octanol–water partition coefficient (Wildman–Crippen LogP) is 0.700. The van der Waals surface area contributed by atoms with Crippen LogP contribution < -0.4 is 0 Å². The van der Waals surface area contributed by atoms with Gasteiger partial charge in [-0.2, -0.15) is 5.26 Å². The summed E-state index contributed by atoms with van der Waals surface area (Å²) in [6.45, 7) is 8.04. The van der Waals surface area contributed by atoms with Gasteiger partial charge in [-0.15, -0.1) is 0 Å². The first-order valence-electron chi connectivity index (χ1n) is 5.93. The quantitative estimate of drug-likeness (QED) is 0.645. The predicted molar refractivity (Wildman–Crippen MR) is 60.5 cm³/mol. The summed E-state index contributed by atoms with van der Waals surface area (Å²) >= 11 is 0. The molecule has 1 unspecified atom stereocenters. The molecule has 1 atom stereocenters. The van der Waals surface area contributed by atoms with Crippen LogP contribution in [0.15, 0.2) is 0 Å². The number of piperazine rings is 1. The largest absolute Gasteiger partial charge is 0.340 e. The molecular formula is C12H19N3O. The standard InChI is InChI=1S/C12H19N3O/c1-12(2)9-10(12)11(16)15-7-5-14(4-3-13)6-8-15/h10H,4-9H2,1-2H3. The lowest BCUT2D eigenvalue weighted by molar-refractivity contribution is -0.135. The highest BCUT2D eigenvalue weighted by molar-refractivity contribution is 5.82. The third kappa shape index (κ3) is 2.19. The van der Waals surface area contributed by atoms with E-state index in [1.165, 1.54) is 0 Å². The minimum Gasteiger partial charge on any atom is -0.340 e. The molecule has 0 spiro atoms. The second-order valence-corrected chi connectivity index (χ2v) is 5.50. The lowest BCUT2D eigenvalue weighted by Gasteiger charge is -2.33. The third-order valence-electron chi connectivity index (χ3n) is 3.79. The van der Waals surface area contributed by atoms with Crippen LogP contribution in [0.1, 0.15) is 20.3 Å². The van der Waals surface area contributed by atoms with Gasteiger partial charge in [0.1, 0.15) is 0 Å². The number of hydrogen-bond donors (Lipinski definition) is 0. The molecule has 2 aliphatic rings. The van der Waals surface area contributed by atoms with Crippen molar-refractivity contribution in [3.8, 4) is 6.07 Å². The Morgan fingerprint density at radius 3 is 2.38 bits per heavy atom. The lowest BCUT2D eigenvalue weighted by atomic mass is 10.1. The number of carbonyl (C=O) groups excluding carboxylic acids is 1. The Morgan fingerprint density at radius 2 is 1.94 bits per heavy atom. The highest BCUT2D eigenvalue weighted by Crippen LogP contribution is 2.52. The zero-order valence-corrected chi connectivity index (χ0v) is 10.1. The van der Waals surface area contributed by atoms with Crippen LogP contribution >= 0.6 is 0 Å². The molecule has 1 heterocycles. The van der Waals surface area contributed by atoms with Crippen LogP contribution in [0.3, 0.4) is 0 Å². The number of nitriles is 1. The van der Waals surface area contributed by atoms with Crippen molar-refractivity contribution < 1.29 is 4.79 Å². The molecule has 1 amide bonds. The van der Waals surface area contributed by atoms with Gasteiger partial charge in [0.05, 0.1) is 12.6 Å². The molecule has 2 fully saturated rings. The summed E-state index contributed by atoms with van der Waals surface area (Å²) in [6, 6.07) is 2.15. The van der Waals surface area contributed by atoms with Gasteiger partial charge < -0.3 is 4.90 Å². The second kappa shape index (κ2) is 4.06. The molecule has 4 heteroatoms. The first kappa shape index (κ1) is 11.4. The van der Waals surface area contributed by atoms with Crippen LogP contribution in [0.25, 0.3) is 0 Å². The Hall–Kier alpha value is -1.08. The van der Waals surface area contributed by atoms with Crippen molar-refractivity contribution in [2.75, 3.05) is 32.7 Å². The van der Waals surface area contributed by atoms with Crippen molar-refractivity contribution in [2.24, 2.45) is 11.3 Å². The van der Waals surface area contributed by atoms with Crippen molar-refractivity contribution in [3.05, 3.63) is 0 Å². The van der Waals surface area contributed by atoms with E-state index in [0.717, 1.165) is 32.6 Å². The van der Waals surface area contributed by atoms with Gasteiger partial charge in [-0.3, -0.25) is 9.69 Å². The molecular weight excluding hydrogens is 202 g/mol. The van der Waals surface area contributed by atoms with E-state index in [2.05, 4.69) is 24.8 Å². The maximum Gasteiger partial charge on any atom is 0.226 e. The van der Waals surface area contributed by atoms with Gasteiger partial charge in [-0.1, -0.05) is 13.8 Å². The second-order valence-electron chi connectivity index (χ2n) is 5.50. The number of hydrogen-bond acceptors (Lipinski definition) is 3. The third-order valence-corrected chi connectivity index (χ3v) is 3.79. The van der Waals surface area contributed by atoms with Gasteiger partial charge in [0.15, 0.2) is 0 Å². The molecule has 0 aromatic carbocycles. The summed E-state index contributed by atoms with van der Waals surface area (Å²) in [5.41, 5.74) is 0.223. The van der Waals surface area contributed by atoms with Crippen LogP contribution in [-0.4, -0.2) is 48.4 Å². The summed E-state index contributed by atoms with van der Waals surface area (Å²) in [7, 11) is 0. The zero-order chi connectivity index (χ0) is 11.8. The van der Waals surface area contributed by atoms with Crippen molar-refractivity contribution in [3.63, 3.8) is 0 Å². The molecule has 1 saturated heterocycles. The zero-order valence-electron chi connectivity index (χ0n) is 10.1. The average molecular weight is 221 g/mol. The number of carbonyl (C=O) groups is 1. The minimum atomic E-state index is 0.223. The maximum atomic E-state index is 12.1. The van der Waals surface area contributed by atoms with E-state index in [-0.39, 0.29) is 11.3 Å². The van der Waals surface area contributed by atoms with E-state index >= 15 is 0 Å². The van der Waals surface area contributed by atoms with E-state index in [1.807, 2.05) is 4.90 Å². The number of rotatable bonds is 2. The molecule has 2 rings (SSSR count). The van der Waals surface area contributed by atoms with Crippen molar-refractivity contribution in [2.45, 2.75) is 20.3 Å². The Balaban J connectivity index is 1.81. The summed E-state index contributed by atoms with van der Waals surface area (Å²) in [5, 5.41) is 8.59. The van der Waals surface area contributed by atoms with Crippen molar-refractivity contribution >= 4 is 5.91 Å². The van der Waals surface area contributed by atoms with Gasteiger partial charge in [-0.05, 0) is 11.8 Å². The number of amides is 1. The molecule has 4 nitrogen and oxygen atoms in total. The van der Waals surface area contributed by atoms with Crippen LogP contribution in [0, 0.1) is 22.7 Å². The van der Waals surface area contributed by atoms with Crippen molar-refractivity contribution in [1.82, 2.24) is 9.80 Å². The van der Waals surface area contributed by atoms with Gasteiger partial charge in [-0.25, -0.2) is 0 Å². The summed E-state index contributed by atoms with van der Waals surface area (Å²) in [5.74, 6) is 0.566. The summed E-state index contributed by atoms with van der Waals surface area (Å²) in [6.07, 6.45) is 1.03. The molecule has 0 radical (unpaired) electrons. The van der Waals surface area contributed by atoms with E-state index in [0.29, 0.717) is 12.5 Å². The molecule has 1 aliphatic heterocycles. The smallest absolute Gasteiger partial charge is 0.226 e. The molecule has 0 bridgehead atoms. The normalized spacial score (nSPS) is 28.6. The molecule has 88 valence electrons. The van der Waals surface area contributed by atoms with E-state index in [1.54, 1.807) is 0 Å². The fourth-order valence-corrected chi connectivity index (χ4v) is 2.34. The van der Waals surface area contributed by atoms with Gasteiger partial charge in [0.25, 0.3) is 0 Å². The highest BCUT2D eigenvalue weighted by Gasteiger charge is 2.52. The number of nitrogens with zero attached hydrogens (tertiary/aromatic N) is 3. The monoisotopic (exact) mass is 221 g/mol. The van der Waals surface area contributed by atoms with E-state index < -0.39 is 0 Å². The molecule has 1 aliphatic carbocycles. The SMILES string of the molecule is CC1(C)CC1C(=O)N1CCN(CC#N)CC1. The van der Waals surface area contributed by atoms with Crippen LogP contribution in [0.2, 0.25) is 0 Å². The highest BCUT2D eigenvalue weighted by atomic mass is 16.2. The maximum absolute atomic E-state index is 12.1. The molecule has 0 N–H and O–H groups in total. The van der Waals surface area contributed by atoms with Gasteiger partial charge >= 0.3 is 0 Å². The van der Waals surface area contributed by atoms with Crippen LogP contribution in [0.5, 0.6) is 0 Å². The molecule has 0 aromatic rings. The van der Waals surface area contributed by atoms with E-state index in [9.17, 15) is 4.79 Å². The first-order chi connectivity index (χ1) is 7.54. The Bertz CT molecular complexity index is 324. The van der Waals surface area contributed by atoms with Gasteiger partial charge in [0, 0.05) is 32.1 Å². The minimum absolute atomic E-state index is 0.223. The van der Waals surface area contributed by atoms with Crippen LogP contribution in [0.4, 0.5) is 0 Å². The molecule has 1 saturated carbocycles. The fourth-order valence-electron chi connectivity index (χ4n) is 2.34. The lowest BCUT2D eigenvalue weighted by Crippen LogP contribution is -2.49.